The monoisotopic (exact) mass is 282 g/mol. The smallest absolute Gasteiger partial charge is 0.287 e. The molecule has 1 atom stereocenters. The number of hydrogen-bond acceptors (Lipinski definition) is 3. The van der Waals surface area contributed by atoms with Gasteiger partial charge in [-0.05, 0) is 18.1 Å². The minimum absolute atomic E-state index is 0. The number of rotatable bonds is 4. The van der Waals surface area contributed by atoms with Gasteiger partial charge < -0.3 is 15.5 Å². The molecule has 1 aromatic carbocycles. The van der Waals surface area contributed by atoms with E-state index in [9.17, 15) is 4.79 Å². The lowest BCUT2D eigenvalue weighted by molar-refractivity contribution is 0.0923. The van der Waals surface area contributed by atoms with Gasteiger partial charge in [-0.3, -0.25) is 4.79 Å². The second-order valence-corrected chi connectivity index (χ2v) is 4.77. The molecule has 0 aliphatic carbocycles. The summed E-state index contributed by atoms with van der Waals surface area (Å²) in [5.41, 5.74) is 6.59. The predicted octanol–water partition coefficient (Wildman–Crippen LogP) is 2.57. The Morgan fingerprint density at radius 2 is 2.05 bits per heavy atom. The first-order valence-corrected chi connectivity index (χ1v) is 6.10. The normalized spacial score (nSPS) is 12.2. The Morgan fingerprint density at radius 3 is 2.68 bits per heavy atom. The van der Waals surface area contributed by atoms with Crippen molar-refractivity contribution >= 4 is 29.3 Å². The summed E-state index contributed by atoms with van der Waals surface area (Å²) in [6, 6.07) is 9.24. The first kappa shape index (κ1) is 15.5. The van der Waals surface area contributed by atoms with E-state index in [0.29, 0.717) is 18.2 Å². The summed E-state index contributed by atoms with van der Waals surface area (Å²) in [5.74, 6) is 0.440. The molecule has 0 saturated heterocycles. The van der Waals surface area contributed by atoms with Crippen molar-refractivity contribution in [2.45, 2.75) is 19.9 Å². The molecule has 0 spiro atoms. The first-order chi connectivity index (χ1) is 8.58. The molecule has 1 unspecified atom stereocenters. The fourth-order valence-corrected chi connectivity index (χ4v) is 1.63. The predicted molar refractivity (Wildman–Crippen MR) is 78.6 cm³/mol. The van der Waals surface area contributed by atoms with Crippen LogP contribution >= 0.6 is 12.4 Å². The molecule has 2 aromatic rings. The van der Waals surface area contributed by atoms with Crippen molar-refractivity contribution in [1.29, 1.82) is 0 Å². The number of hydrogen-bond donors (Lipinski definition) is 2. The third kappa shape index (κ3) is 3.72. The van der Waals surface area contributed by atoms with Crippen molar-refractivity contribution in [2.75, 3.05) is 6.54 Å². The van der Waals surface area contributed by atoms with Gasteiger partial charge in [0.05, 0.1) is 0 Å². The topological polar surface area (TPSA) is 68.3 Å². The Labute approximate surface area is 118 Å². The fourth-order valence-electron chi connectivity index (χ4n) is 1.63. The summed E-state index contributed by atoms with van der Waals surface area (Å²) in [6.45, 7) is 4.50. The van der Waals surface area contributed by atoms with Crippen LogP contribution in [0.4, 0.5) is 0 Å². The van der Waals surface area contributed by atoms with Gasteiger partial charge in [0.15, 0.2) is 5.76 Å². The molecule has 0 aliphatic rings. The van der Waals surface area contributed by atoms with Crippen LogP contribution in [0.3, 0.4) is 0 Å². The van der Waals surface area contributed by atoms with Crippen LogP contribution in [-0.2, 0) is 0 Å². The molecule has 0 bridgehead atoms. The molecule has 1 heterocycles. The van der Waals surface area contributed by atoms with Crippen molar-refractivity contribution in [3.63, 3.8) is 0 Å². The third-order valence-electron chi connectivity index (χ3n) is 3.00. The highest BCUT2D eigenvalue weighted by Gasteiger charge is 2.14. The maximum absolute atomic E-state index is 11.9. The molecule has 0 aliphatic heterocycles. The molecule has 1 amide bonds. The Kier molecular flexibility index (Phi) is 5.39. The van der Waals surface area contributed by atoms with E-state index in [1.807, 2.05) is 38.1 Å². The van der Waals surface area contributed by atoms with Crippen LogP contribution in [0.15, 0.2) is 34.7 Å². The summed E-state index contributed by atoms with van der Waals surface area (Å²) in [5, 5.41) is 3.71. The van der Waals surface area contributed by atoms with Crippen molar-refractivity contribution in [2.24, 2.45) is 11.7 Å². The lowest BCUT2D eigenvalue weighted by atomic mass is 10.1. The van der Waals surface area contributed by atoms with Gasteiger partial charge in [-0.1, -0.05) is 32.0 Å². The number of halogens is 1. The van der Waals surface area contributed by atoms with Crippen molar-refractivity contribution in [3.8, 4) is 0 Å². The van der Waals surface area contributed by atoms with Gasteiger partial charge in [-0.15, -0.1) is 12.4 Å². The summed E-state index contributed by atoms with van der Waals surface area (Å²) in [7, 11) is 0. The molecule has 1 aromatic heterocycles. The van der Waals surface area contributed by atoms with Crippen molar-refractivity contribution < 1.29 is 9.21 Å². The molecule has 3 N–H and O–H groups in total. The first-order valence-electron chi connectivity index (χ1n) is 6.10. The number of amides is 1. The summed E-state index contributed by atoms with van der Waals surface area (Å²) in [6.07, 6.45) is 0. The van der Waals surface area contributed by atoms with E-state index in [4.69, 9.17) is 10.2 Å². The molecule has 4 nitrogen and oxygen atoms in total. The zero-order valence-corrected chi connectivity index (χ0v) is 11.9. The highest BCUT2D eigenvalue weighted by atomic mass is 35.5. The van der Waals surface area contributed by atoms with Crippen LogP contribution in [0.2, 0.25) is 0 Å². The number of carbonyl (C=O) groups excluding carboxylic acids is 1. The number of fused-ring (bicyclic) bond motifs is 1. The van der Waals surface area contributed by atoms with Crippen LogP contribution in [-0.4, -0.2) is 18.5 Å². The lowest BCUT2D eigenvalue weighted by Gasteiger charge is -2.15. The maximum Gasteiger partial charge on any atom is 0.287 e. The van der Waals surface area contributed by atoms with E-state index in [-0.39, 0.29) is 24.4 Å². The zero-order chi connectivity index (χ0) is 13.1. The number of nitrogens with two attached hydrogens (primary N) is 1. The van der Waals surface area contributed by atoms with Crippen LogP contribution in [0.1, 0.15) is 24.4 Å². The maximum atomic E-state index is 11.9. The summed E-state index contributed by atoms with van der Waals surface area (Å²) < 4.78 is 5.47. The van der Waals surface area contributed by atoms with Gasteiger partial charge in [-0.25, -0.2) is 0 Å². The van der Waals surface area contributed by atoms with E-state index in [2.05, 4.69) is 5.32 Å². The standard InChI is InChI=1S/C14H18N2O2.ClH/c1-9(2)11(15)8-16-14(17)13-7-10-5-3-4-6-12(10)18-13;/h3-7,9,11H,8,15H2,1-2H3,(H,16,17);1H. The number of furan rings is 1. The van der Waals surface area contributed by atoms with Crippen LogP contribution in [0, 0.1) is 5.92 Å². The van der Waals surface area contributed by atoms with Crippen LogP contribution in [0.5, 0.6) is 0 Å². The Morgan fingerprint density at radius 1 is 1.37 bits per heavy atom. The van der Waals surface area contributed by atoms with Gasteiger partial charge in [0.2, 0.25) is 0 Å². The second kappa shape index (κ2) is 6.59. The average Bonchev–Trinajstić information content (AvgIpc) is 2.79. The lowest BCUT2D eigenvalue weighted by Crippen LogP contribution is -2.40. The number of carbonyl (C=O) groups is 1. The minimum atomic E-state index is -0.220. The number of para-hydroxylation sites is 1. The molecular weight excluding hydrogens is 264 g/mol. The Balaban J connectivity index is 0.00000180. The average molecular weight is 283 g/mol. The van der Waals surface area contributed by atoms with Crippen molar-refractivity contribution in [3.05, 3.63) is 36.1 Å². The number of nitrogens with one attached hydrogen (secondary N) is 1. The summed E-state index contributed by atoms with van der Waals surface area (Å²) in [4.78, 5) is 11.9. The van der Waals surface area contributed by atoms with Gasteiger partial charge in [0, 0.05) is 18.0 Å². The SMILES string of the molecule is CC(C)C(N)CNC(=O)c1cc2ccccc2o1.Cl. The van der Waals surface area contributed by atoms with E-state index in [1.165, 1.54) is 0 Å². The molecule has 104 valence electrons. The van der Waals surface area contributed by atoms with E-state index in [0.717, 1.165) is 11.0 Å². The molecule has 0 fully saturated rings. The molecule has 5 heteroatoms. The molecule has 2 rings (SSSR count). The Hall–Kier alpha value is -1.52. The molecular formula is C14H19ClN2O2. The van der Waals surface area contributed by atoms with Gasteiger partial charge in [-0.2, -0.15) is 0 Å². The van der Waals surface area contributed by atoms with Gasteiger partial charge >= 0.3 is 0 Å². The van der Waals surface area contributed by atoms with E-state index >= 15 is 0 Å². The van der Waals surface area contributed by atoms with Crippen LogP contribution in [0.25, 0.3) is 11.0 Å². The van der Waals surface area contributed by atoms with E-state index in [1.54, 1.807) is 6.07 Å². The van der Waals surface area contributed by atoms with Gasteiger partial charge in [0.1, 0.15) is 5.58 Å². The van der Waals surface area contributed by atoms with E-state index < -0.39 is 0 Å². The fraction of sp³-hybridized carbons (Fsp3) is 0.357. The molecule has 0 saturated carbocycles. The molecule has 19 heavy (non-hydrogen) atoms. The minimum Gasteiger partial charge on any atom is -0.451 e. The second-order valence-electron chi connectivity index (χ2n) is 4.77. The van der Waals surface area contributed by atoms with Crippen molar-refractivity contribution in [1.82, 2.24) is 5.32 Å². The zero-order valence-electron chi connectivity index (χ0n) is 11.1. The third-order valence-corrected chi connectivity index (χ3v) is 3.00. The number of benzene rings is 1. The molecule has 0 radical (unpaired) electrons. The largest absolute Gasteiger partial charge is 0.451 e. The van der Waals surface area contributed by atoms with Gasteiger partial charge in [0.25, 0.3) is 5.91 Å². The Bertz CT molecular complexity index is 518. The van der Waals surface area contributed by atoms with Crippen LogP contribution < -0.4 is 11.1 Å². The highest BCUT2D eigenvalue weighted by molar-refractivity contribution is 5.96. The quantitative estimate of drug-likeness (QED) is 0.905. The highest BCUT2D eigenvalue weighted by Crippen LogP contribution is 2.18. The summed E-state index contributed by atoms with van der Waals surface area (Å²) >= 11 is 0.